The fourth-order valence-corrected chi connectivity index (χ4v) is 3.28. The summed E-state index contributed by atoms with van der Waals surface area (Å²) in [5, 5.41) is 19.1. The molecule has 0 atom stereocenters. The van der Waals surface area contributed by atoms with Gasteiger partial charge in [-0.15, -0.1) is 26.3 Å². The first-order valence-electron chi connectivity index (χ1n) is 11.7. The van der Waals surface area contributed by atoms with Gasteiger partial charge in [0.15, 0.2) is 34.6 Å². The summed E-state index contributed by atoms with van der Waals surface area (Å²) in [6.45, 7) is 3.17. The molecule has 222 valence electrons. The first-order chi connectivity index (χ1) is 18.9. The number of benzene rings is 2. The van der Waals surface area contributed by atoms with Gasteiger partial charge in [-0.05, 0) is 67.8 Å². The topological polar surface area (TPSA) is 119 Å². The zero-order chi connectivity index (χ0) is 31.0. The molecule has 0 unspecified atom stereocenters. The van der Waals surface area contributed by atoms with Crippen molar-refractivity contribution in [3.63, 3.8) is 0 Å². The third kappa shape index (κ3) is 11.6. The third-order valence-electron chi connectivity index (χ3n) is 4.99. The molecule has 2 rings (SSSR count). The van der Waals surface area contributed by atoms with Gasteiger partial charge in [0, 0.05) is 6.42 Å². The molecule has 0 bridgehead atoms. The van der Waals surface area contributed by atoms with Crippen molar-refractivity contribution in [3.8, 4) is 23.0 Å². The zero-order valence-electron chi connectivity index (χ0n) is 21.5. The van der Waals surface area contributed by atoms with Crippen molar-refractivity contribution in [2.75, 3.05) is 0 Å². The highest BCUT2D eigenvalue weighted by Gasteiger charge is 2.33. The van der Waals surface area contributed by atoms with Crippen LogP contribution in [0, 0.1) is 5.92 Å². The number of carbonyl (C=O) groups is 3. The molecule has 0 saturated carbocycles. The third-order valence-corrected chi connectivity index (χ3v) is 4.99. The quantitative estimate of drug-likeness (QED) is 0.132. The van der Waals surface area contributed by atoms with Crippen LogP contribution in [0.4, 0.5) is 26.3 Å². The molecule has 41 heavy (non-hydrogen) atoms. The minimum atomic E-state index is -5.10. The molecule has 14 heteroatoms. The van der Waals surface area contributed by atoms with E-state index < -0.39 is 65.3 Å². The molecule has 8 nitrogen and oxygen atoms in total. The number of phenolic OH excluding ortho intramolecular Hbond substituents is 2. The molecule has 0 fully saturated rings. The predicted octanol–water partition coefficient (Wildman–Crippen LogP) is 6.11. The molecule has 0 amide bonds. The number of ketones is 2. The van der Waals surface area contributed by atoms with Gasteiger partial charge in [0.25, 0.3) is 0 Å². The number of aromatic hydroxyl groups is 2. The number of hydrogen-bond donors (Lipinski definition) is 2. The average molecular weight is 590 g/mol. The van der Waals surface area contributed by atoms with Crippen LogP contribution in [-0.2, 0) is 19.1 Å². The Kier molecular flexibility index (Phi) is 11.0. The molecule has 0 aliphatic rings. The highest BCUT2D eigenvalue weighted by Crippen LogP contribution is 2.33. The molecule has 2 aromatic carbocycles. The van der Waals surface area contributed by atoms with Crippen LogP contribution in [0.15, 0.2) is 48.6 Å². The molecule has 0 saturated heterocycles. The van der Waals surface area contributed by atoms with Crippen molar-refractivity contribution in [1.82, 2.24) is 0 Å². The molecule has 0 spiro atoms. The lowest BCUT2D eigenvalue weighted by atomic mass is 9.92. The number of halogens is 6. The average Bonchev–Trinajstić information content (AvgIpc) is 2.83. The Morgan fingerprint density at radius 1 is 0.780 bits per heavy atom. The number of alkyl halides is 6. The van der Waals surface area contributed by atoms with E-state index in [1.165, 1.54) is 12.1 Å². The maximum Gasteiger partial charge on any atom is 0.573 e. The fraction of sp³-hybridized carbons (Fsp3) is 0.296. The predicted molar refractivity (Wildman–Crippen MR) is 132 cm³/mol. The maximum atomic E-state index is 12.9. The van der Waals surface area contributed by atoms with E-state index in [0.29, 0.717) is 0 Å². The summed E-state index contributed by atoms with van der Waals surface area (Å²) < 4.78 is 87.7. The van der Waals surface area contributed by atoms with Crippen LogP contribution >= 0.6 is 0 Å². The number of hydrogen-bond acceptors (Lipinski definition) is 8. The number of esters is 1. The molecule has 0 aliphatic heterocycles. The van der Waals surface area contributed by atoms with E-state index >= 15 is 0 Å². The Morgan fingerprint density at radius 2 is 1.20 bits per heavy atom. The summed E-state index contributed by atoms with van der Waals surface area (Å²) in [7, 11) is 0. The van der Waals surface area contributed by atoms with Crippen molar-refractivity contribution in [2.24, 2.45) is 5.92 Å². The Hall–Kier alpha value is -4.49. The molecule has 0 heterocycles. The lowest BCUT2D eigenvalue weighted by Crippen LogP contribution is -2.23. The van der Waals surface area contributed by atoms with E-state index in [9.17, 15) is 50.9 Å². The van der Waals surface area contributed by atoms with Crippen molar-refractivity contribution >= 4 is 29.7 Å². The van der Waals surface area contributed by atoms with E-state index in [1.54, 1.807) is 13.8 Å². The summed E-state index contributed by atoms with van der Waals surface area (Å²) in [6.07, 6.45) is -7.47. The summed E-state index contributed by atoms with van der Waals surface area (Å²) in [5.74, 6) is -7.38. The molecule has 2 N–H and O–H groups in total. The van der Waals surface area contributed by atoms with E-state index in [1.807, 2.05) is 0 Å². The van der Waals surface area contributed by atoms with Crippen LogP contribution < -0.4 is 9.47 Å². The van der Waals surface area contributed by atoms with Crippen LogP contribution in [0.3, 0.4) is 0 Å². The number of carbonyl (C=O) groups excluding carboxylic acids is 3. The highest BCUT2D eigenvalue weighted by atomic mass is 19.4. The maximum absolute atomic E-state index is 12.9. The van der Waals surface area contributed by atoms with Crippen LogP contribution in [-0.4, -0.2) is 46.6 Å². The molecule has 2 aromatic rings. The number of allylic oxidation sites excluding steroid dienone is 2. The minimum absolute atomic E-state index is 0.00218. The number of phenols is 2. The van der Waals surface area contributed by atoms with E-state index in [2.05, 4.69) is 9.47 Å². The lowest BCUT2D eigenvalue weighted by Gasteiger charge is -2.13. The largest absolute Gasteiger partial charge is 0.573 e. The Balaban J connectivity index is 2.29. The van der Waals surface area contributed by atoms with Gasteiger partial charge < -0.3 is 24.4 Å². The normalized spacial score (nSPS) is 13.0. The van der Waals surface area contributed by atoms with Gasteiger partial charge in [-0.1, -0.05) is 24.3 Å². The van der Waals surface area contributed by atoms with Gasteiger partial charge in [0.1, 0.15) is 0 Å². The highest BCUT2D eigenvalue weighted by molar-refractivity contribution is 6.13. The summed E-state index contributed by atoms with van der Waals surface area (Å²) >= 11 is 0. The van der Waals surface area contributed by atoms with Gasteiger partial charge >= 0.3 is 18.7 Å². The molecule has 0 aliphatic carbocycles. The van der Waals surface area contributed by atoms with Gasteiger partial charge in [-0.25, -0.2) is 0 Å². The van der Waals surface area contributed by atoms with Gasteiger partial charge in [0.2, 0.25) is 0 Å². The standard InChI is InChI=1S/C27H24F6O8/c1-15(2)39-25(38)12-7-18(19(34)8-3-16-5-10-21(36)23(13-16)40-26(28,29)30)20(35)9-4-17-6-11-22(37)24(14-17)41-27(31,32)33/h3-6,8-11,13-15,18,36-37H,7,12H2,1-2H3. The van der Waals surface area contributed by atoms with E-state index in [-0.39, 0.29) is 24.0 Å². The van der Waals surface area contributed by atoms with Crippen LogP contribution in [0.25, 0.3) is 12.2 Å². The summed E-state index contributed by atoms with van der Waals surface area (Å²) in [4.78, 5) is 37.8. The minimum Gasteiger partial charge on any atom is -0.504 e. The molecule has 0 aromatic heterocycles. The molecular weight excluding hydrogens is 566 g/mol. The monoisotopic (exact) mass is 590 g/mol. The van der Waals surface area contributed by atoms with Crippen molar-refractivity contribution in [1.29, 1.82) is 0 Å². The molecule has 0 radical (unpaired) electrons. The molecular formula is C27H24F6O8. The first kappa shape index (κ1) is 32.7. The van der Waals surface area contributed by atoms with Crippen LogP contribution in [0.2, 0.25) is 0 Å². The second-order valence-corrected chi connectivity index (χ2v) is 8.65. The number of ether oxygens (including phenoxy) is 3. The smallest absolute Gasteiger partial charge is 0.504 e. The zero-order valence-corrected chi connectivity index (χ0v) is 21.5. The lowest BCUT2D eigenvalue weighted by molar-refractivity contribution is -0.276. The van der Waals surface area contributed by atoms with Crippen molar-refractivity contribution < 1.29 is 65.1 Å². The second-order valence-electron chi connectivity index (χ2n) is 8.65. The van der Waals surface area contributed by atoms with Crippen LogP contribution in [0.5, 0.6) is 23.0 Å². The van der Waals surface area contributed by atoms with Gasteiger partial charge in [-0.3, -0.25) is 14.4 Å². The van der Waals surface area contributed by atoms with E-state index in [4.69, 9.17) is 4.74 Å². The van der Waals surface area contributed by atoms with Crippen molar-refractivity contribution in [3.05, 3.63) is 59.7 Å². The van der Waals surface area contributed by atoms with Gasteiger partial charge in [-0.2, -0.15) is 0 Å². The fourth-order valence-electron chi connectivity index (χ4n) is 3.28. The Labute approximate surface area is 229 Å². The Morgan fingerprint density at radius 3 is 1.56 bits per heavy atom. The SMILES string of the molecule is CC(C)OC(=O)CCC(C(=O)C=Cc1ccc(O)c(OC(F)(F)F)c1)C(=O)C=Cc1ccc(O)c(OC(F)(F)F)c1. The van der Waals surface area contributed by atoms with E-state index in [0.717, 1.165) is 48.6 Å². The Bertz CT molecular complexity index is 1220. The first-order valence-corrected chi connectivity index (χ1v) is 11.7. The summed E-state index contributed by atoms with van der Waals surface area (Å²) in [5.41, 5.74) is -0.00436. The summed E-state index contributed by atoms with van der Waals surface area (Å²) in [6, 6.07) is 5.73. The second kappa shape index (κ2) is 13.7. The van der Waals surface area contributed by atoms with Crippen molar-refractivity contribution in [2.45, 2.75) is 45.5 Å². The van der Waals surface area contributed by atoms with Crippen LogP contribution in [0.1, 0.15) is 37.8 Å². The van der Waals surface area contributed by atoms with Gasteiger partial charge in [0.05, 0.1) is 12.0 Å². The number of rotatable bonds is 12.